The summed E-state index contributed by atoms with van der Waals surface area (Å²) in [6.45, 7) is 3.12. The number of benzene rings is 2. The Labute approximate surface area is 222 Å². The van der Waals surface area contributed by atoms with Crippen molar-refractivity contribution in [2.75, 3.05) is 48.9 Å². The zero-order chi connectivity index (χ0) is 27.4. The predicted molar refractivity (Wildman–Crippen MR) is 150 cm³/mol. The van der Waals surface area contributed by atoms with Gasteiger partial charge in [0.2, 0.25) is 10.0 Å². The molecular weight excluding hydrogens is 510 g/mol. The van der Waals surface area contributed by atoms with Gasteiger partial charge in [0.25, 0.3) is 5.91 Å². The van der Waals surface area contributed by atoms with Gasteiger partial charge in [-0.3, -0.25) is 9.10 Å². The van der Waals surface area contributed by atoms with Crippen LogP contribution in [0.2, 0.25) is 0 Å². The second-order valence-electron chi connectivity index (χ2n) is 10.1. The van der Waals surface area contributed by atoms with Crippen LogP contribution in [0.4, 0.5) is 11.4 Å². The number of hydrogen-bond donors (Lipinski definition) is 0. The Kier molecular flexibility index (Phi) is 9.42. The van der Waals surface area contributed by atoms with E-state index in [-0.39, 0.29) is 17.2 Å². The summed E-state index contributed by atoms with van der Waals surface area (Å²) in [6, 6.07) is 10.2. The summed E-state index contributed by atoms with van der Waals surface area (Å²) in [7, 11) is -1.70. The Hall–Kier alpha value is -2.43. The Morgan fingerprint density at radius 2 is 1.65 bits per heavy atom. The van der Waals surface area contributed by atoms with Crippen LogP contribution >= 0.6 is 0 Å². The van der Waals surface area contributed by atoms with Crippen LogP contribution in [0.1, 0.15) is 60.5 Å². The number of fused-ring (bicyclic) bond motifs is 1. The van der Waals surface area contributed by atoms with Crippen molar-refractivity contribution in [1.82, 2.24) is 4.90 Å². The minimum atomic E-state index is -3.59. The molecule has 204 valence electrons. The number of nitrogens with zero attached hydrogens (tertiary/aromatic N) is 3. The van der Waals surface area contributed by atoms with Gasteiger partial charge in [-0.15, -0.1) is 0 Å². The van der Waals surface area contributed by atoms with Crippen LogP contribution in [0.25, 0.3) is 0 Å². The zero-order valence-corrected chi connectivity index (χ0v) is 24.2. The van der Waals surface area contributed by atoms with E-state index in [9.17, 15) is 21.6 Å². The molecule has 3 rings (SSSR count). The summed E-state index contributed by atoms with van der Waals surface area (Å²) in [5.41, 5.74) is 2.97. The number of sulfone groups is 1. The molecule has 37 heavy (non-hydrogen) atoms. The molecule has 0 fully saturated rings. The fourth-order valence-corrected chi connectivity index (χ4v) is 6.53. The summed E-state index contributed by atoms with van der Waals surface area (Å²) in [4.78, 5) is 17.5. The number of amides is 1. The number of anilines is 2. The molecular formula is C27H39N3O5S2. The van der Waals surface area contributed by atoms with Crippen molar-refractivity contribution in [2.24, 2.45) is 0 Å². The van der Waals surface area contributed by atoms with Crippen LogP contribution in [-0.4, -0.2) is 67.3 Å². The fraction of sp³-hybridized carbons (Fsp3) is 0.519. The molecule has 0 radical (unpaired) electrons. The third-order valence-electron chi connectivity index (χ3n) is 6.70. The normalized spacial score (nSPS) is 13.7. The Bertz CT molecular complexity index is 1340. The molecule has 2 aromatic rings. The van der Waals surface area contributed by atoms with E-state index in [1.165, 1.54) is 7.05 Å². The molecule has 0 saturated heterocycles. The van der Waals surface area contributed by atoms with E-state index >= 15 is 0 Å². The molecule has 0 aliphatic carbocycles. The van der Waals surface area contributed by atoms with Crippen molar-refractivity contribution in [2.45, 2.75) is 56.9 Å². The number of rotatable bonds is 12. The lowest BCUT2D eigenvalue weighted by atomic mass is 10.1. The second-order valence-corrected chi connectivity index (χ2v) is 14.2. The summed E-state index contributed by atoms with van der Waals surface area (Å²) >= 11 is 0. The number of unbranched alkanes of at least 4 members (excludes halogenated alkanes) is 4. The summed E-state index contributed by atoms with van der Waals surface area (Å²) in [5.74, 6) is -0.189. The highest BCUT2D eigenvalue weighted by molar-refractivity contribution is 7.92. The highest BCUT2D eigenvalue weighted by atomic mass is 32.2. The van der Waals surface area contributed by atoms with E-state index in [0.717, 1.165) is 47.4 Å². The standard InChI is InChI=1S/C27H39N3O5S2/c1-6-7-8-9-10-17-37(34,35)23-12-14-25-22(19-23)15-16-30(25)27(31)24-13-11-21(20-28(2)3)18-26(24)29(4)36(5,32)33/h11-14,18-19H,6-10,15-17,20H2,1-5H3. The zero-order valence-electron chi connectivity index (χ0n) is 22.5. The molecule has 0 bridgehead atoms. The molecule has 8 nitrogen and oxygen atoms in total. The van der Waals surface area contributed by atoms with E-state index in [1.807, 2.05) is 25.1 Å². The van der Waals surface area contributed by atoms with Crippen molar-refractivity contribution in [1.29, 1.82) is 0 Å². The lowest BCUT2D eigenvalue weighted by Gasteiger charge is -2.24. The summed E-state index contributed by atoms with van der Waals surface area (Å²) < 4.78 is 51.6. The second kappa shape index (κ2) is 12.0. The molecule has 10 heteroatoms. The first kappa shape index (κ1) is 29.1. The van der Waals surface area contributed by atoms with Gasteiger partial charge in [0.05, 0.1) is 28.2 Å². The van der Waals surface area contributed by atoms with Gasteiger partial charge in [-0.25, -0.2) is 16.8 Å². The quantitative estimate of drug-likeness (QED) is 0.370. The topological polar surface area (TPSA) is 95.1 Å². The van der Waals surface area contributed by atoms with Gasteiger partial charge in [-0.1, -0.05) is 38.7 Å². The maximum Gasteiger partial charge on any atom is 0.260 e. The molecule has 0 aromatic heterocycles. The lowest BCUT2D eigenvalue weighted by molar-refractivity contribution is 0.0990. The molecule has 0 N–H and O–H groups in total. The first-order chi connectivity index (χ1) is 17.3. The van der Waals surface area contributed by atoms with Crippen molar-refractivity contribution in [3.05, 3.63) is 53.1 Å². The van der Waals surface area contributed by atoms with E-state index in [0.29, 0.717) is 42.2 Å². The molecule has 1 heterocycles. The summed E-state index contributed by atoms with van der Waals surface area (Å²) in [6.07, 6.45) is 6.46. The monoisotopic (exact) mass is 549 g/mol. The summed E-state index contributed by atoms with van der Waals surface area (Å²) in [5, 5.41) is 0. The van der Waals surface area contributed by atoms with Crippen LogP contribution in [0, 0.1) is 0 Å². The molecule has 0 unspecified atom stereocenters. The Balaban J connectivity index is 1.88. The van der Waals surface area contributed by atoms with E-state index in [4.69, 9.17) is 0 Å². The van der Waals surface area contributed by atoms with Crippen molar-refractivity contribution in [3.63, 3.8) is 0 Å². The van der Waals surface area contributed by atoms with E-state index < -0.39 is 19.9 Å². The average Bonchev–Trinajstić information content (AvgIpc) is 3.25. The van der Waals surface area contributed by atoms with Crippen molar-refractivity contribution in [3.8, 4) is 0 Å². The van der Waals surface area contributed by atoms with Gasteiger partial charge in [0.15, 0.2) is 9.84 Å². The largest absolute Gasteiger partial charge is 0.308 e. The SMILES string of the molecule is CCCCCCCS(=O)(=O)c1ccc2c(c1)CCN2C(=O)c1ccc(CN(C)C)cc1N(C)S(C)(=O)=O. The van der Waals surface area contributed by atoms with E-state index in [2.05, 4.69) is 6.92 Å². The first-order valence-corrected chi connectivity index (χ1v) is 16.2. The maximum atomic E-state index is 13.7. The maximum absolute atomic E-state index is 13.7. The number of sulfonamides is 1. The van der Waals surface area contributed by atoms with Gasteiger partial charge in [-0.2, -0.15) is 0 Å². The number of hydrogen-bond acceptors (Lipinski definition) is 6. The molecule has 0 atom stereocenters. The lowest BCUT2D eigenvalue weighted by Crippen LogP contribution is -2.32. The smallest absolute Gasteiger partial charge is 0.260 e. The highest BCUT2D eigenvalue weighted by Gasteiger charge is 2.30. The minimum absolute atomic E-state index is 0.124. The number of carbonyl (C=O) groups is 1. The van der Waals surface area contributed by atoms with Gasteiger partial charge in [-0.05, 0) is 68.4 Å². The molecule has 0 spiro atoms. The van der Waals surface area contributed by atoms with Crippen LogP contribution in [0.3, 0.4) is 0 Å². The highest BCUT2D eigenvalue weighted by Crippen LogP contribution is 2.34. The molecule has 1 amide bonds. The van der Waals surface area contributed by atoms with Gasteiger partial charge in [0, 0.05) is 25.8 Å². The van der Waals surface area contributed by atoms with Gasteiger partial charge < -0.3 is 9.80 Å². The van der Waals surface area contributed by atoms with Crippen LogP contribution < -0.4 is 9.21 Å². The molecule has 1 aliphatic heterocycles. The van der Waals surface area contributed by atoms with Crippen LogP contribution in [0.15, 0.2) is 41.3 Å². The third-order valence-corrected chi connectivity index (χ3v) is 9.69. The van der Waals surface area contributed by atoms with E-state index in [1.54, 1.807) is 35.2 Å². The van der Waals surface area contributed by atoms with Crippen LogP contribution in [-0.2, 0) is 32.8 Å². The molecule has 0 saturated carbocycles. The van der Waals surface area contributed by atoms with Crippen molar-refractivity contribution >= 4 is 37.1 Å². The number of carbonyl (C=O) groups excluding carboxylic acids is 1. The predicted octanol–water partition coefficient (Wildman–Crippen LogP) is 4.09. The van der Waals surface area contributed by atoms with Crippen molar-refractivity contribution < 1.29 is 21.6 Å². The minimum Gasteiger partial charge on any atom is -0.308 e. The van der Waals surface area contributed by atoms with Gasteiger partial charge in [0.1, 0.15) is 0 Å². The first-order valence-electron chi connectivity index (χ1n) is 12.7. The molecule has 1 aliphatic rings. The molecule has 2 aromatic carbocycles. The Morgan fingerprint density at radius 1 is 0.946 bits per heavy atom. The average molecular weight is 550 g/mol. The fourth-order valence-electron chi connectivity index (χ4n) is 4.60. The van der Waals surface area contributed by atoms with Crippen LogP contribution in [0.5, 0.6) is 0 Å². The van der Waals surface area contributed by atoms with Gasteiger partial charge >= 0.3 is 0 Å². The Morgan fingerprint density at radius 3 is 2.30 bits per heavy atom. The third kappa shape index (κ3) is 7.12.